The lowest BCUT2D eigenvalue weighted by Crippen LogP contribution is -2.63. The molecular weight excluding hydrogens is 554 g/mol. The number of nitrogens with two attached hydrogens (primary N) is 1. The van der Waals surface area contributed by atoms with Gasteiger partial charge in [-0.15, -0.1) is 0 Å². The minimum atomic E-state index is -0.903. The molecule has 2 aliphatic rings. The lowest BCUT2D eigenvalue weighted by molar-refractivity contribution is -0.246. The van der Waals surface area contributed by atoms with Crippen LogP contribution in [-0.4, -0.2) is 68.8 Å². The lowest BCUT2D eigenvalue weighted by Gasteiger charge is -2.51. The fourth-order valence-electron chi connectivity index (χ4n) is 7.04. The Morgan fingerprint density at radius 1 is 0.977 bits per heavy atom. The molecule has 9 heteroatoms. The van der Waals surface area contributed by atoms with Gasteiger partial charge in [0.2, 0.25) is 17.7 Å². The lowest BCUT2D eigenvalue weighted by atomic mass is 9.78. The van der Waals surface area contributed by atoms with Crippen LogP contribution in [0.4, 0.5) is 0 Å². The first-order valence-corrected chi connectivity index (χ1v) is 16.4. The maximum atomic E-state index is 14.0. The quantitative estimate of drug-likeness (QED) is 0.201. The predicted octanol–water partition coefficient (Wildman–Crippen LogP) is 4.64. The summed E-state index contributed by atoms with van der Waals surface area (Å²) in [7, 11) is 0. The van der Waals surface area contributed by atoms with Crippen LogP contribution >= 0.6 is 0 Å². The number of amides is 3. The molecule has 1 aromatic rings. The van der Waals surface area contributed by atoms with E-state index in [2.05, 4.69) is 24.5 Å². The first-order valence-electron chi connectivity index (χ1n) is 16.4. The van der Waals surface area contributed by atoms with E-state index in [4.69, 9.17) is 5.73 Å². The monoisotopic (exact) mass is 611 g/mol. The summed E-state index contributed by atoms with van der Waals surface area (Å²) in [6.45, 7) is 16.3. The van der Waals surface area contributed by atoms with Gasteiger partial charge in [-0.25, -0.2) is 0 Å². The van der Waals surface area contributed by atoms with Crippen molar-refractivity contribution in [3.63, 3.8) is 0 Å². The molecule has 0 spiro atoms. The largest absolute Gasteiger partial charge is 0.353 e. The number of benzene rings is 1. The summed E-state index contributed by atoms with van der Waals surface area (Å²) in [6, 6.07) is 9.61. The summed E-state index contributed by atoms with van der Waals surface area (Å²) in [5.74, 6) is -1.84. The Morgan fingerprint density at radius 3 is 2.14 bits per heavy atom. The summed E-state index contributed by atoms with van der Waals surface area (Å²) < 4.78 is 0. The number of nitrogens with one attached hydrogen (secondary N) is 2. The Labute approximate surface area is 265 Å². The predicted molar refractivity (Wildman–Crippen MR) is 174 cm³/mol. The number of nitrogens with zero attached hydrogens (tertiary/aromatic N) is 2. The molecule has 0 radical (unpaired) electrons. The second-order valence-electron chi connectivity index (χ2n) is 14.9. The van der Waals surface area contributed by atoms with Gasteiger partial charge in [0.25, 0.3) is 0 Å². The third kappa shape index (κ3) is 9.38. The van der Waals surface area contributed by atoms with Crippen molar-refractivity contribution in [1.82, 2.24) is 20.6 Å². The van der Waals surface area contributed by atoms with E-state index in [0.29, 0.717) is 38.1 Å². The van der Waals surface area contributed by atoms with Gasteiger partial charge >= 0.3 is 0 Å². The molecule has 44 heavy (non-hydrogen) atoms. The van der Waals surface area contributed by atoms with Crippen molar-refractivity contribution in [1.29, 1.82) is 0 Å². The number of hydrogen-bond acceptors (Lipinski definition) is 6. The van der Waals surface area contributed by atoms with Gasteiger partial charge in [0.15, 0.2) is 0 Å². The number of rotatable bonds is 12. The fraction of sp³-hybridized carbons (Fsp3) is 0.686. The molecule has 0 saturated carbocycles. The van der Waals surface area contributed by atoms with Crippen LogP contribution < -0.4 is 16.4 Å². The third-order valence-corrected chi connectivity index (χ3v) is 9.01. The fourth-order valence-corrected chi connectivity index (χ4v) is 7.04. The normalized spacial score (nSPS) is 22.7. The molecule has 2 heterocycles. The number of likely N-dealkylation sites (tertiary alicyclic amines) is 1. The van der Waals surface area contributed by atoms with E-state index in [1.54, 1.807) is 4.90 Å². The Balaban J connectivity index is 1.73. The van der Waals surface area contributed by atoms with Crippen molar-refractivity contribution in [2.24, 2.45) is 29.4 Å². The Bertz CT molecular complexity index is 1130. The molecule has 0 bridgehead atoms. The van der Waals surface area contributed by atoms with Gasteiger partial charge in [-0.05, 0) is 83.6 Å². The van der Waals surface area contributed by atoms with Crippen molar-refractivity contribution in [3.05, 3.63) is 48.0 Å². The van der Waals surface area contributed by atoms with Gasteiger partial charge in [0, 0.05) is 29.7 Å². The minimum absolute atomic E-state index is 0.0459. The number of hydroxylamine groups is 2. The minimum Gasteiger partial charge on any atom is -0.353 e. The highest BCUT2D eigenvalue weighted by Gasteiger charge is 2.46. The maximum Gasteiger partial charge on any atom is 0.234 e. The average Bonchev–Trinajstić information content (AvgIpc) is 3.36. The summed E-state index contributed by atoms with van der Waals surface area (Å²) in [5.41, 5.74) is 6.34. The van der Waals surface area contributed by atoms with Gasteiger partial charge in [-0.1, -0.05) is 70.2 Å². The van der Waals surface area contributed by atoms with Crippen LogP contribution in [0, 0.1) is 23.7 Å². The van der Waals surface area contributed by atoms with E-state index < -0.39 is 29.1 Å². The smallest absolute Gasteiger partial charge is 0.234 e. The van der Waals surface area contributed by atoms with E-state index in [9.17, 15) is 19.6 Å². The highest BCUT2D eigenvalue weighted by Crippen LogP contribution is 2.37. The second kappa shape index (κ2) is 15.0. The molecule has 246 valence electrons. The molecule has 0 aliphatic carbocycles. The average molecular weight is 612 g/mol. The van der Waals surface area contributed by atoms with E-state index in [1.165, 1.54) is 5.06 Å². The third-order valence-electron chi connectivity index (χ3n) is 9.01. The van der Waals surface area contributed by atoms with E-state index >= 15 is 0 Å². The van der Waals surface area contributed by atoms with Crippen LogP contribution in [-0.2, 0) is 20.8 Å². The van der Waals surface area contributed by atoms with Gasteiger partial charge in [-0.3, -0.25) is 14.4 Å². The van der Waals surface area contributed by atoms with Crippen LogP contribution in [0.5, 0.6) is 0 Å². The number of piperidine rings is 1. The van der Waals surface area contributed by atoms with Gasteiger partial charge in [0.1, 0.15) is 12.1 Å². The molecule has 3 rings (SSSR count). The van der Waals surface area contributed by atoms with Crippen molar-refractivity contribution in [2.45, 2.75) is 123 Å². The van der Waals surface area contributed by atoms with E-state index in [-0.39, 0.29) is 35.7 Å². The summed E-state index contributed by atoms with van der Waals surface area (Å²) in [5, 5.41) is 18.2. The van der Waals surface area contributed by atoms with Crippen LogP contribution in [0.2, 0.25) is 0 Å². The van der Waals surface area contributed by atoms with Crippen LogP contribution in [0.1, 0.15) is 93.1 Å². The number of hydrogen-bond donors (Lipinski definition) is 4. The van der Waals surface area contributed by atoms with Crippen LogP contribution in [0.3, 0.4) is 0 Å². The summed E-state index contributed by atoms with van der Waals surface area (Å²) in [4.78, 5) is 43.0. The topological polar surface area (TPSA) is 128 Å². The molecule has 0 aromatic heterocycles. The Kier molecular flexibility index (Phi) is 12.2. The highest BCUT2D eigenvalue weighted by atomic mass is 16.5. The zero-order valence-electron chi connectivity index (χ0n) is 28.2. The molecule has 4 atom stereocenters. The molecule has 0 unspecified atom stereocenters. The zero-order valence-corrected chi connectivity index (χ0v) is 28.2. The van der Waals surface area contributed by atoms with Crippen molar-refractivity contribution < 1.29 is 19.6 Å². The summed E-state index contributed by atoms with van der Waals surface area (Å²) in [6.07, 6.45) is 7.30. The molecule has 9 nitrogen and oxygen atoms in total. The van der Waals surface area contributed by atoms with Crippen molar-refractivity contribution in [3.8, 4) is 0 Å². The number of carbonyl (C=O) groups excluding carboxylic acids is 3. The molecule has 2 aliphatic heterocycles. The SMILES string of the molecule is CC(C)C[C@H](N)/C=C/[C@H](Cc1ccccc1)C(=O)N1CCC[C@H]1NC(=O)[C@@H](C(=O)NC1CC(C)(C)N(O)C(C)(C)C1)C(C)C. The van der Waals surface area contributed by atoms with Crippen molar-refractivity contribution >= 4 is 17.7 Å². The van der Waals surface area contributed by atoms with E-state index in [1.807, 2.05) is 84.0 Å². The highest BCUT2D eigenvalue weighted by molar-refractivity contribution is 6.01. The second-order valence-corrected chi connectivity index (χ2v) is 14.9. The van der Waals surface area contributed by atoms with Gasteiger partial charge < -0.3 is 26.5 Å². The maximum absolute atomic E-state index is 14.0. The van der Waals surface area contributed by atoms with Gasteiger partial charge in [0.05, 0.1) is 5.92 Å². The Morgan fingerprint density at radius 2 is 1.57 bits per heavy atom. The van der Waals surface area contributed by atoms with Crippen LogP contribution in [0.15, 0.2) is 42.5 Å². The Hall–Kier alpha value is -2.75. The standard InChI is InChI=1S/C35H57N5O4/c1-23(2)19-27(36)17-16-26(20-25-13-10-9-11-14-25)33(43)39-18-12-15-29(39)38-32(42)30(24(3)4)31(41)37-28-21-34(5,6)40(44)35(7,8)22-28/h9-11,13-14,16-17,23-24,26-30,44H,12,15,18-22,36H2,1-8H3,(H,37,41)(H,38,42)/b17-16+/t26-,27-,29+,30-/m1/s1. The number of carbonyl (C=O) groups is 3. The molecule has 2 saturated heterocycles. The van der Waals surface area contributed by atoms with Crippen LogP contribution in [0.25, 0.3) is 0 Å². The molecule has 5 N–H and O–H groups in total. The first kappa shape index (κ1) is 35.7. The van der Waals surface area contributed by atoms with E-state index in [0.717, 1.165) is 18.4 Å². The zero-order chi connectivity index (χ0) is 32.8. The molecular formula is C35H57N5O4. The molecule has 2 fully saturated rings. The molecule has 1 aromatic carbocycles. The summed E-state index contributed by atoms with van der Waals surface area (Å²) >= 11 is 0. The van der Waals surface area contributed by atoms with Crippen molar-refractivity contribution in [2.75, 3.05) is 6.54 Å². The van der Waals surface area contributed by atoms with Gasteiger partial charge in [-0.2, -0.15) is 5.06 Å². The molecule has 3 amide bonds. The first-order chi connectivity index (χ1) is 20.5.